The third-order valence-corrected chi connectivity index (χ3v) is 3.66. The van der Waals surface area contributed by atoms with Crippen LogP contribution in [0.2, 0.25) is 0 Å². The molecule has 2 amide bonds. The van der Waals surface area contributed by atoms with Crippen LogP contribution in [0.3, 0.4) is 0 Å². The maximum absolute atomic E-state index is 12.1. The van der Waals surface area contributed by atoms with Crippen molar-refractivity contribution in [2.24, 2.45) is 0 Å². The van der Waals surface area contributed by atoms with E-state index in [1.807, 2.05) is 25.1 Å². The number of hydrogen-bond donors (Lipinski definition) is 2. The average Bonchev–Trinajstić information content (AvgIpc) is 2.35. The van der Waals surface area contributed by atoms with Gasteiger partial charge in [0, 0.05) is 23.5 Å². The van der Waals surface area contributed by atoms with E-state index in [-0.39, 0.29) is 17.9 Å². The topological polar surface area (TPSA) is 58.2 Å². The average molecular weight is 311 g/mol. The van der Waals surface area contributed by atoms with E-state index in [9.17, 15) is 9.59 Å². The molecule has 0 radical (unpaired) electrons. The molecule has 96 valence electrons. The SMILES string of the molecule is Cc1ccc(Br)c(C(=O)NC2CCC(=O)NC2)c1. The minimum Gasteiger partial charge on any atom is -0.354 e. The standard InChI is InChI=1S/C13H15BrN2O2/c1-8-2-4-11(14)10(6-8)13(18)16-9-3-5-12(17)15-7-9/h2,4,6,9H,3,5,7H2,1H3,(H,15,17)(H,16,18). The molecule has 1 aromatic rings. The maximum Gasteiger partial charge on any atom is 0.252 e. The summed E-state index contributed by atoms with van der Waals surface area (Å²) in [5, 5.41) is 5.69. The van der Waals surface area contributed by atoms with Crippen molar-refractivity contribution >= 4 is 27.7 Å². The Morgan fingerprint density at radius 2 is 2.28 bits per heavy atom. The molecule has 18 heavy (non-hydrogen) atoms. The van der Waals surface area contributed by atoms with Crippen LogP contribution in [0, 0.1) is 6.92 Å². The summed E-state index contributed by atoms with van der Waals surface area (Å²) in [6.45, 7) is 2.46. The van der Waals surface area contributed by atoms with Crippen molar-refractivity contribution in [3.05, 3.63) is 33.8 Å². The molecule has 2 rings (SSSR count). The molecular formula is C13H15BrN2O2. The van der Waals surface area contributed by atoms with Gasteiger partial charge >= 0.3 is 0 Å². The Balaban J connectivity index is 2.03. The number of rotatable bonds is 2. The van der Waals surface area contributed by atoms with Gasteiger partial charge in [-0.15, -0.1) is 0 Å². The molecule has 1 aliphatic heterocycles. The highest BCUT2D eigenvalue weighted by Crippen LogP contribution is 2.18. The lowest BCUT2D eigenvalue weighted by molar-refractivity contribution is -0.122. The number of nitrogens with one attached hydrogen (secondary N) is 2. The van der Waals surface area contributed by atoms with Crippen LogP contribution in [-0.2, 0) is 4.79 Å². The molecule has 0 spiro atoms. The highest BCUT2D eigenvalue weighted by atomic mass is 79.9. The largest absolute Gasteiger partial charge is 0.354 e. The normalized spacial score (nSPS) is 19.2. The van der Waals surface area contributed by atoms with Gasteiger partial charge in [-0.1, -0.05) is 11.6 Å². The fraction of sp³-hybridized carbons (Fsp3) is 0.385. The molecule has 1 aliphatic rings. The van der Waals surface area contributed by atoms with Gasteiger partial charge in [0.2, 0.25) is 5.91 Å². The fourth-order valence-corrected chi connectivity index (χ4v) is 2.36. The second-order valence-corrected chi connectivity index (χ2v) is 5.35. The van der Waals surface area contributed by atoms with E-state index in [1.165, 1.54) is 0 Å². The first-order valence-electron chi connectivity index (χ1n) is 5.90. The van der Waals surface area contributed by atoms with Crippen molar-refractivity contribution < 1.29 is 9.59 Å². The van der Waals surface area contributed by atoms with E-state index in [0.717, 1.165) is 10.0 Å². The van der Waals surface area contributed by atoms with E-state index >= 15 is 0 Å². The number of piperidine rings is 1. The van der Waals surface area contributed by atoms with Crippen molar-refractivity contribution in [1.29, 1.82) is 0 Å². The summed E-state index contributed by atoms with van der Waals surface area (Å²) < 4.78 is 0.783. The summed E-state index contributed by atoms with van der Waals surface area (Å²) in [6, 6.07) is 5.68. The Bertz CT molecular complexity index is 478. The Morgan fingerprint density at radius 1 is 1.50 bits per heavy atom. The van der Waals surface area contributed by atoms with Crippen molar-refractivity contribution in [2.75, 3.05) is 6.54 Å². The van der Waals surface area contributed by atoms with Crippen LogP contribution >= 0.6 is 15.9 Å². The first-order chi connectivity index (χ1) is 8.56. The molecule has 1 unspecified atom stereocenters. The zero-order valence-electron chi connectivity index (χ0n) is 10.1. The summed E-state index contributed by atoms with van der Waals surface area (Å²) in [7, 11) is 0. The monoisotopic (exact) mass is 310 g/mol. The van der Waals surface area contributed by atoms with Crippen LogP contribution in [0.1, 0.15) is 28.8 Å². The summed E-state index contributed by atoms with van der Waals surface area (Å²) in [5.41, 5.74) is 1.67. The molecule has 2 N–H and O–H groups in total. The summed E-state index contributed by atoms with van der Waals surface area (Å²) in [6.07, 6.45) is 1.17. The first kappa shape index (κ1) is 13.1. The second-order valence-electron chi connectivity index (χ2n) is 4.50. The molecule has 1 atom stereocenters. The van der Waals surface area contributed by atoms with Gasteiger partial charge < -0.3 is 10.6 Å². The lowest BCUT2D eigenvalue weighted by Gasteiger charge is -2.23. The lowest BCUT2D eigenvalue weighted by atomic mass is 10.1. The fourth-order valence-electron chi connectivity index (χ4n) is 1.93. The predicted molar refractivity (Wildman–Crippen MR) is 72.4 cm³/mol. The predicted octanol–water partition coefficient (Wildman–Crippen LogP) is 1.77. The van der Waals surface area contributed by atoms with Crippen LogP contribution in [0.15, 0.2) is 22.7 Å². The van der Waals surface area contributed by atoms with Crippen molar-refractivity contribution in [1.82, 2.24) is 10.6 Å². The van der Waals surface area contributed by atoms with E-state index in [4.69, 9.17) is 0 Å². The number of amides is 2. The highest BCUT2D eigenvalue weighted by molar-refractivity contribution is 9.10. The quantitative estimate of drug-likeness (QED) is 0.874. The molecule has 5 heteroatoms. The molecule has 0 aliphatic carbocycles. The summed E-state index contributed by atoms with van der Waals surface area (Å²) in [5.74, 6) is -0.0519. The number of carbonyl (C=O) groups is 2. The molecular weight excluding hydrogens is 296 g/mol. The van der Waals surface area contributed by atoms with Crippen molar-refractivity contribution in [3.8, 4) is 0 Å². The summed E-state index contributed by atoms with van der Waals surface area (Å²) in [4.78, 5) is 23.1. The van der Waals surface area contributed by atoms with Gasteiger partial charge in [-0.25, -0.2) is 0 Å². The smallest absolute Gasteiger partial charge is 0.252 e. The van der Waals surface area contributed by atoms with Gasteiger partial charge in [0.25, 0.3) is 5.91 Å². The van der Waals surface area contributed by atoms with E-state index in [1.54, 1.807) is 0 Å². The summed E-state index contributed by atoms with van der Waals surface area (Å²) >= 11 is 3.37. The van der Waals surface area contributed by atoms with Crippen molar-refractivity contribution in [3.63, 3.8) is 0 Å². The number of benzene rings is 1. The minimum absolute atomic E-state index is 0.0163. The zero-order valence-corrected chi connectivity index (χ0v) is 11.7. The molecule has 1 aromatic carbocycles. The van der Waals surface area contributed by atoms with Crippen LogP contribution in [0.5, 0.6) is 0 Å². The van der Waals surface area contributed by atoms with Crippen LogP contribution in [0.25, 0.3) is 0 Å². The Hall–Kier alpha value is -1.36. The lowest BCUT2D eigenvalue weighted by Crippen LogP contribution is -2.47. The molecule has 0 saturated carbocycles. The second kappa shape index (κ2) is 5.52. The number of halogens is 1. The molecule has 0 bridgehead atoms. The van der Waals surface area contributed by atoms with E-state index < -0.39 is 0 Å². The number of hydrogen-bond acceptors (Lipinski definition) is 2. The molecule has 1 fully saturated rings. The van der Waals surface area contributed by atoms with Gasteiger partial charge in [-0.3, -0.25) is 9.59 Å². The van der Waals surface area contributed by atoms with Gasteiger partial charge in [0.1, 0.15) is 0 Å². The Kier molecular flexibility index (Phi) is 4.01. The van der Waals surface area contributed by atoms with Crippen LogP contribution in [-0.4, -0.2) is 24.4 Å². The molecule has 1 saturated heterocycles. The number of carbonyl (C=O) groups excluding carboxylic acids is 2. The molecule has 1 heterocycles. The Labute approximate surface area is 114 Å². The van der Waals surface area contributed by atoms with Gasteiger partial charge in [0.15, 0.2) is 0 Å². The van der Waals surface area contributed by atoms with Crippen LogP contribution in [0.4, 0.5) is 0 Å². The number of aryl methyl sites for hydroxylation is 1. The highest BCUT2D eigenvalue weighted by Gasteiger charge is 2.20. The molecule has 4 nitrogen and oxygen atoms in total. The zero-order chi connectivity index (χ0) is 13.1. The third-order valence-electron chi connectivity index (χ3n) is 2.97. The van der Waals surface area contributed by atoms with E-state index in [0.29, 0.717) is 24.9 Å². The Morgan fingerprint density at radius 3 is 2.94 bits per heavy atom. The maximum atomic E-state index is 12.1. The van der Waals surface area contributed by atoms with Gasteiger partial charge in [-0.2, -0.15) is 0 Å². The first-order valence-corrected chi connectivity index (χ1v) is 6.69. The minimum atomic E-state index is -0.105. The molecule has 0 aromatic heterocycles. The van der Waals surface area contributed by atoms with Crippen molar-refractivity contribution in [2.45, 2.75) is 25.8 Å². The van der Waals surface area contributed by atoms with E-state index in [2.05, 4.69) is 26.6 Å². The van der Waals surface area contributed by atoms with Crippen LogP contribution < -0.4 is 10.6 Å². The van der Waals surface area contributed by atoms with Gasteiger partial charge in [0.05, 0.1) is 5.56 Å². The third kappa shape index (κ3) is 3.10. The van der Waals surface area contributed by atoms with Gasteiger partial charge in [-0.05, 0) is 41.4 Å².